The van der Waals surface area contributed by atoms with Gasteiger partial charge in [0.25, 0.3) is 0 Å². The van der Waals surface area contributed by atoms with Crippen molar-refractivity contribution in [2.24, 2.45) is 5.92 Å². The first kappa shape index (κ1) is 28.7. The van der Waals surface area contributed by atoms with Crippen LogP contribution in [-0.4, -0.2) is 65.2 Å². The lowest BCUT2D eigenvalue weighted by Crippen LogP contribution is -2.26. The van der Waals surface area contributed by atoms with Gasteiger partial charge in [-0.15, -0.1) is 0 Å². The van der Waals surface area contributed by atoms with Crippen LogP contribution in [0.25, 0.3) is 22.3 Å². The molecule has 210 valence electrons. The Hall–Kier alpha value is -4.29. The van der Waals surface area contributed by atoms with Gasteiger partial charge in [0.05, 0.1) is 37.0 Å². The van der Waals surface area contributed by atoms with Gasteiger partial charge in [-0.2, -0.15) is 23.5 Å². The van der Waals surface area contributed by atoms with Crippen molar-refractivity contribution in [3.05, 3.63) is 53.6 Å². The van der Waals surface area contributed by atoms with Crippen LogP contribution in [-0.2, 0) is 11.4 Å². The molecule has 5 rings (SSSR count). The highest BCUT2D eigenvalue weighted by Gasteiger charge is 2.38. The van der Waals surface area contributed by atoms with Crippen LogP contribution < -0.4 is 4.90 Å². The van der Waals surface area contributed by atoms with E-state index in [-0.39, 0.29) is 41.5 Å². The number of aliphatic hydroxyl groups excluding tert-OH is 1. The number of H-pyrrole nitrogens is 1. The SMILES string of the molecule is N#CC[C@@H]([C@H]1CCN(c2nc(Cl)c(CO)cc2F)C1)n1cc(-c2ncnc3[nH]ccc23)cn1.O=C(O)C(F)(F)F. The molecule has 0 aromatic carbocycles. The Bertz CT molecular complexity index is 1550. The van der Waals surface area contributed by atoms with Crippen LogP contribution in [0.1, 0.15) is 24.4 Å². The number of nitriles is 1. The molecule has 0 unspecified atom stereocenters. The molecule has 40 heavy (non-hydrogen) atoms. The molecule has 5 heterocycles. The summed E-state index contributed by atoms with van der Waals surface area (Å²) in [6.07, 6.45) is 2.87. The number of hydrogen-bond donors (Lipinski definition) is 3. The van der Waals surface area contributed by atoms with Gasteiger partial charge in [-0.3, -0.25) is 4.68 Å². The lowest BCUT2D eigenvalue weighted by molar-refractivity contribution is -0.192. The molecule has 0 saturated carbocycles. The molecule has 1 saturated heterocycles. The topological polar surface area (TPSA) is 157 Å². The van der Waals surface area contributed by atoms with Gasteiger partial charge in [0.15, 0.2) is 11.6 Å². The Morgan fingerprint density at radius 1 is 1.35 bits per heavy atom. The molecule has 0 bridgehead atoms. The van der Waals surface area contributed by atoms with E-state index < -0.39 is 18.0 Å². The van der Waals surface area contributed by atoms with E-state index in [4.69, 9.17) is 21.5 Å². The Kier molecular flexibility index (Phi) is 8.50. The normalized spacial score (nSPS) is 15.9. The first-order chi connectivity index (χ1) is 19.0. The average molecular weight is 581 g/mol. The standard InChI is InChI=1S/C22H20ClFN8O.C2HF3O2/c23-20-14(11-33)7-17(24)22(30-20)31-6-3-13(9-31)18(1-4-25)32-10-15(8-29-32)19-16-2-5-26-21(16)28-12-27-19;3-2(4,5)1(6)7/h2,5,7-8,10,12-13,18,33H,1,3,6,9,11H2,(H,26,27,28);(H,6,7)/t13-,18-;/m0./s1. The number of rotatable bonds is 6. The summed E-state index contributed by atoms with van der Waals surface area (Å²) < 4.78 is 48.1. The first-order valence-electron chi connectivity index (χ1n) is 11.7. The molecule has 0 radical (unpaired) electrons. The first-order valence-corrected chi connectivity index (χ1v) is 12.1. The van der Waals surface area contributed by atoms with E-state index >= 15 is 0 Å². The van der Waals surface area contributed by atoms with Crippen molar-refractivity contribution in [1.82, 2.24) is 29.7 Å². The maximum Gasteiger partial charge on any atom is 0.490 e. The summed E-state index contributed by atoms with van der Waals surface area (Å²) >= 11 is 6.08. The molecule has 16 heteroatoms. The van der Waals surface area contributed by atoms with Crippen molar-refractivity contribution in [2.45, 2.75) is 31.7 Å². The van der Waals surface area contributed by atoms with Crippen molar-refractivity contribution in [3.8, 4) is 17.3 Å². The molecule has 11 nitrogen and oxygen atoms in total. The largest absolute Gasteiger partial charge is 0.490 e. The maximum atomic E-state index is 14.6. The van der Waals surface area contributed by atoms with Gasteiger partial charge in [0, 0.05) is 47.9 Å². The highest BCUT2D eigenvalue weighted by Crippen LogP contribution is 2.35. The fourth-order valence-corrected chi connectivity index (χ4v) is 4.63. The summed E-state index contributed by atoms with van der Waals surface area (Å²) in [7, 11) is 0. The highest BCUT2D eigenvalue weighted by atomic mass is 35.5. The van der Waals surface area contributed by atoms with Crippen molar-refractivity contribution in [3.63, 3.8) is 0 Å². The van der Waals surface area contributed by atoms with Crippen molar-refractivity contribution in [2.75, 3.05) is 18.0 Å². The predicted molar refractivity (Wildman–Crippen MR) is 134 cm³/mol. The summed E-state index contributed by atoms with van der Waals surface area (Å²) in [6, 6.07) is 5.20. The molecule has 2 atom stereocenters. The number of alkyl halides is 3. The fourth-order valence-electron chi connectivity index (χ4n) is 4.44. The molecule has 1 fully saturated rings. The van der Waals surface area contributed by atoms with E-state index in [9.17, 15) is 27.9 Å². The van der Waals surface area contributed by atoms with Crippen molar-refractivity contribution >= 4 is 34.4 Å². The molecule has 0 spiro atoms. The van der Waals surface area contributed by atoms with Gasteiger partial charge < -0.3 is 20.1 Å². The number of nitrogens with zero attached hydrogens (tertiary/aromatic N) is 7. The predicted octanol–water partition coefficient (Wildman–Crippen LogP) is 4.12. The van der Waals surface area contributed by atoms with Crippen LogP contribution in [0.5, 0.6) is 0 Å². The van der Waals surface area contributed by atoms with Gasteiger partial charge in [-0.1, -0.05) is 11.6 Å². The lowest BCUT2D eigenvalue weighted by Gasteiger charge is -2.23. The number of fused-ring (bicyclic) bond motifs is 1. The number of carboxylic acid groups (broad SMARTS) is 1. The molecule has 4 aromatic rings. The monoisotopic (exact) mass is 580 g/mol. The van der Waals surface area contributed by atoms with Crippen molar-refractivity contribution < 1.29 is 32.6 Å². The molecule has 0 amide bonds. The number of carbonyl (C=O) groups is 1. The smallest absolute Gasteiger partial charge is 0.475 e. The Morgan fingerprint density at radius 3 is 2.77 bits per heavy atom. The zero-order valence-electron chi connectivity index (χ0n) is 20.5. The van der Waals surface area contributed by atoms with E-state index in [0.29, 0.717) is 13.1 Å². The zero-order chi connectivity index (χ0) is 29.0. The number of aliphatic carboxylic acids is 1. The number of hydrogen-bond acceptors (Lipinski definition) is 8. The minimum absolute atomic E-state index is 0.0626. The lowest BCUT2D eigenvalue weighted by atomic mass is 9.96. The molecule has 4 aromatic heterocycles. The molecular weight excluding hydrogens is 560 g/mol. The van der Waals surface area contributed by atoms with Gasteiger partial charge in [-0.25, -0.2) is 24.1 Å². The van der Waals surface area contributed by atoms with E-state index in [2.05, 4.69) is 31.1 Å². The second-order valence-corrected chi connectivity index (χ2v) is 9.16. The Morgan fingerprint density at radius 2 is 2.10 bits per heavy atom. The number of carboxylic acids is 1. The fraction of sp³-hybridized carbons (Fsp3) is 0.333. The molecule has 1 aliphatic rings. The van der Waals surface area contributed by atoms with Gasteiger partial charge in [0.2, 0.25) is 0 Å². The highest BCUT2D eigenvalue weighted by molar-refractivity contribution is 6.30. The average Bonchev–Trinajstić information content (AvgIpc) is 3.69. The van der Waals surface area contributed by atoms with Crippen molar-refractivity contribution in [1.29, 1.82) is 5.26 Å². The number of anilines is 1. The van der Waals surface area contributed by atoms with E-state index in [1.165, 1.54) is 12.4 Å². The van der Waals surface area contributed by atoms with Crippen LogP contribution in [0.3, 0.4) is 0 Å². The summed E-state index contributed by atoms with van der Waals surface area (Å²) in [5.41, 5.74) is 2.59. The molecular formula is C24H21ClF4N8O3. The number of aromatic amines is 1. The third-order valence-electron chi connectivity index (χ3n) is 6.33. The number of pyridine rings is 1. The Balaban J connectivity index is 0.000000470. The summed E-state index contributed by atoms with van der Waals surface area (Å²) in [4.78, 5) is 26.6. The van der Waals surface area contributed by atoms with Crippen LogP contribution in [0.4, 0.5) is 23.4 Å². The Labute approximate surface area is 228 Å². The molecule has 0 aliphatic carbocycles. The minimum Gasteiger partial charge on any atom is -0.475 e. The second-order valence-electron chi connectivity index (χ2n) is 8.80. The summed E-state index contributed by atoms with van der Waals surface area (Å²) in [5, 5.41) is 31.4. The number of aliphatic hydroxyl groups is 1. The van der Waals surface area contributed by atoms with Crippen LogP contribution >= 0.6 is 11.6 Å². The number of aromatic nitrogens is 6. The van der Waals surface area contributed by atoms with Gasteiger partial charge >= 0.3 is 12.1 Å². The summed E-state index contributed by atoms with van der Waals surface area (Å²) in [6.45, 7) is 0.712. The van der Waals surface area contributed by atoms with Gasteiger partial charge in [-0.05, 0) is 18.6 Å². The molecule has 3 N–H and O–H groups in total. The van der Waals surface area contributed by atoms with Gasteiger partial charge in [0.1, 0.15) is 17.1 Å². The second kappa shape index (κ2) is 11.8. The molecule has 1 aliphatic heterocycles. The number of nitrogens with one attached hydrogen (secondary N) is 1. The van der Waals surface area contributed by atoms with Crippen LogP contribution in [0, 0.1) is 23.1 Å². The minimum atomic E-state index is -5.08. The maximum absolute atomic E-state index is 14.6. The third kappa shape index (κ3) is 6.13. The zero-order valence-corrected chi connectivity index (χ0v) is 21.2. The van der Waals surface area contributed by atoms with E-state index in [0.717, 1.165) is 28.7 Å². The quantitative estimate of drug-likeness (QED) is 0.225. The number of halogens is 5. The third-order valence-corrected chi connectivity index (χ3v) is 6.66. The van der Waals surface area contributed by atoms with E-state index in [1.54, 1.807) is 10.9 Å². The van der Waals surface area contributed by atoms with Crippen LogP contribution in [0.15, 0.2) is 37.1 Å². The summed E-state index contributed by atoms with van der Waals surface area (Å²) in [5.74, 6) is -3.06. The van der Waals surface area contributed by atoms with Crippen LogP contribution in [0.2, 0.25) is 5.15 Å². The van der Waals surface area contributed by atoms with E-state index in [1.807, 2.05) is 23.4 Å².